The van der Waals surface area contributed by atoms with Gasteiger partial charge in [0.05, 0.1) is 22.9 Å². The highest BCUT2D eigenvalue weighted by atomic mass is 32.1. The number of thiocarbonyl (C=S) groups is 1. The number of carboxylic acids is 2. The minimum atomic E-state index is -1.27. The first-order valence-electron chi connectivity index (χ1n) is 12.4. The summed E-state index contributed by atoms with van der Waals surface area (Å²) >= 11 is 5.62. The Morgan fingerprint density at radius 3 is 2.34 bits per heavy atom. The van der Waals surface area contributed by atoms with Crippen LogP contribution >= 0.6 is 12.2 Å². The van der Waals surface area contributed by atoms with Gasteiger partial charge in [0.1, 0.15) is 23.4 Å². The molecule has 0 bridgehead atoms. The second-order valence-corrected chi connectivity index (χ2v) is 9.62. The maximum atomic E-state index is 13.2. The maximum absolute atomic E-state index is 13.2. The predicted octanol–water partition coefficient (Wildman–Crippen LogP) is 4.88. The fraction of sp³-hybridized carbons (Fsp3) is 0.138. The molecular formula is C29H23FN4O6S. The summed E-state index contributed by atoms with van der Waals surface area (Å²) in [5.41, 5.74) is 1.03. The molecule has 10 nitrogen and oxygen atoms in total. The van der Waals surface area contributed by atoms with Gasteiger partial charge in [0.15, 0.2) is 5.11 Å². The van der Waals surface area contributed by atoms with Gasteiger partial charge in [-0.2, -0.15) is 0 Å². The van der Waals surface area contributed by atoms with E-state index >= 15 is 0 Å². The molecule has 1 fully saturated rings. The average Bonchev–Trinajstić information content (AvgIpc) is 3.58. The van der Waals surface area contributed by atoms with Gasteiger partial charge in [-0.25, -0.2) is 14.0 Å². The quantitative estimate of drug-likeness (QED) is 0.204. The van der Waals surface area contributed by atoms with Crippen LogP contribution in [0, 0.1) is 5.82 Å². The van der Waals surface area contributed by atoms with E-state index in [0.717, 1.165) is 6.07 Å². The number of hydrogen-bond donors (Lipinski definition) is 4. The molecule has 0 aliphatic carbocycles. The van der Waals surface area contributed by atoms with Crippen molar-refractivity contribution in [2.45, 2.75) is 18.5 Å². The average molecular weight is 575 g/mol. The number of nitrogens with one attached hydrogen (secondary N) is 2. The van der Waals surface area contributed by atoms with Crippen LogP contribution in [0.1, 0.15) is 50.7 Å². The summed E-state index contributed by atoms with van der Waals surface area (Å²) in [5, 5.41) is 25.3. The van der Waals surface area contributed by atoms with E-state index in [1.54, 1.807) is 29.3 Å². The molecule has 2 aromatic heterocycles. The molecule has 41 heavy (non-hydrogen) atoms. The fourth-order valence-corrected chi connectivity index (χ4v) is 4.95. The number of furan rings is 1. The van der Waals surface area contributed by atoms with E-state index in [1.165, 1.54) is 36.4 Å². The molecule has 5 rings (SSSR count). The van der Waals surface area contributed by atoms with E-state index in [2.05, 4.69) is 15.6 Å². The number of halogens is 1. The van der Waals surface area contributed by atoms with Crippen LogP contribution in [-0.4, -0.2) is 49.6 Å². The first kappa shape index (κ1) is 27.5. The molecule has 4 N–H and O–H groups in total. The van der Waals surface area contributed by atoms with E-state index in [4.69, 9.17) is 16.6 Å². The number of carbonyl (C=O) groups excluding carboxylic acids is 1. The van der Waals surface area contributed by atoms with Crippen LogP contribution in [0.15, 0.2) is 83.4 Å². The van der Waals surface area contributed by atoms with Crippen molar-refractivity contribution in [2.75, 3.05) is 11.9 Å². The lowest BCUT2D eigenvalue weighted by Gasteiger charge is -2.25. The summed E-state index contributed by atoms with van der Waals surface area (Å²) in [4.78, 5) is 42.2. The van der Waals surface area contributed by atoms with Crippen molar-refractivity contribution in [3.8, 4) is 11.3 Å². The molecule has 1 aliphatic heterocycles. The second-order valence-electron chi connectivity index (χ2n) is 9.24. The number of carbonyl (C=O) groups is 3. The third kappa shape index (κ3) is 6.07. The third-order valence-corrected chi connectivity index (χ3v) is 6.89. The topological polar surface area (TPSA) is 145 Å². The summed E-state index contributed by atoms with van der Waals surface area (Å²) < 4.78 is 19.4. The summed E-state index contributed by atoms with van der Waals surface area (Å²) in [5.74, 6) is -2.55. The van der Waals surface area contributed by atoms with E-state index in [0.29, 0.717) is 22.3 Å². The number of anilines is 1. The summed E-state index contributed by atoms with van der Waals surface area (Å²) in [6, 6.07) is 17.0. The Morgan fingerprint density at radius 1 is 1.00 bits per heavy atom. The summed E-state index contributed by atoms with van der Waals surface area (Å²) in [7, 11) is 0. The van der Waals surface area contributed by atoms with Crippen LogP contribution in [0.2, 0.25) is 0 Å². The van der Waals surface area contributed by atoms with Gasteiger partial charge < -0.3 is 30.2 Å². The van der Waals surface area contributed by atoms with Crippen LogP contribution in [0.5, 0.6) is 0 Å². The lowest BCUT2D eigenvalue weighted by Crippen LogP contribution is -2.32. The number of carboxylic acid groups (broad SMARTS) is 2. The molecule has 0 saturated carbocycles. The van der Waals surface area contributed by atoms with Crippen LogP contribution in [-0.2, 0) is 4.79 Å². The van der Waals surface area contributed by atoms with Gasteiger partial charge in [-0.3, -0.25) is 9.78 Å². The summed E-state index contributed by atoms with van der Waals surface area (Å²) in [6.07, 6.45) is 1.70. The van der Waals surface area contributed by atoms with Gasteiger partial charge >= 0.3 is 11.9 Å². The number of pyridine rings is 1. The zero-order chi connectivity index (χ0) is 29.1. The van der Waals surface area contributed by atoms with Crippen LogP contribution in [0.4, 0.5) is 10.1 Å². The van der Waals surface area contributed by atoms with Crippen molar-refractivity contribution in [1.82, 2.24) is 15.2 Å². The Morgan fingerprint density at radius 2 is 1.71 bits per heavy atom. The molecule has 12 heteroatoms. The van der Waals surface area contributed by atoms with Crippen molar-refractivity contribution < 1.29 is 33.4 Å². The van der Waals surface area contributed by atoms with Gasteiger partial charge in [0.25, 0.3) is 0 Å². The summed E-state index contributed by atoms with van der Waals surface area (Å²) in [6.45, 7) is 0.209. The van der Waals surface area contributed by atoms with E-state index in [-0.39, 0.29) is 41.3 Å². The Labute approximate surface area is 238 Å². The van der Waals surface area contributed by atoms with E-state index in [1.807, 2.05) is 12.1 Å². The zero-order valence-electron chi connectivity index (χ0n) is 21.3. The lowest BCUT2D eigenvalue weighted by atomic mass is 10.0. The Bertz CT molecular complexity index is 1590. The smallest absolute Gasteiger partial charge is 0.335 e. The Kier molecular flexibility index (Phi) is 7.74. The molecular weight excluding hydrogens is 551 g/mol. The first-order chi connectivity index (χ1) is 19.7. The minimum Gasteiger partial charge on any atom is -0.478 e. The number of hydrogen-bond acceptors (Lipinski definition) is 6. The highest BCUT2D eigenvalue weighted by molar-refractivity contribution is 7.80. The van der Waals surface area contributed by atoms with E-state index in [9.17, 15) is 29.0 Å². The van der Waals surface area contributed by atoms with Crippen LogP contribution in [0.25, 0.3) is 11.3 Å². The number of benzene rings is 2. The van der Waals surface area contributed by atoms with Gasteiger partial charge in [-0.1, -0.05) is 6.07 Å². The molecule has 0 unspecified atom stereocenters. The molecule has 1 amide bonds. The minimum absolute atomic E-state index is 0.0564. The molecule has 4 aromatic rings. The van der Waals surface area contributed by atoms with Gasteiger partial charge in [-0.15, -0.1) is 0 Å². The normalized spacial score (nSPS) is 16.3. The first-order valence-corrected chi connectivity index (χ1v) is 12.9. The number of amides is 1. The highest BCUT2D eigenvalue weighted by Crippen LogP contribution is 2.40. The molecule has 1 aliphatic rings. The number of aromatic nitrogens is 1. The second kappa shape index (κ2) is 11.6. The highest BCUT2D eigenvalue weighted by Gasteiger charge is 2.41. The van der Waals surface area contributed by atoms with Crippen molar-refractivity contribution in [2.24, 2.45) is 0 Å². The van der Waals surface area contributed by atoms with Crippen molar-refractivity contribution in [3.05, 3.63) is 107 Å². The molecule has 0 radical (unpaired) electrons. The van der Waals surface area contributed by atoms with Gasteiger partial charge in [0, 0.05) is 30.4 Å². The van der Waals surface area contributed by atoms with Crippen molar-refractivity contribution in [1.29, 1.82) is 0 Å². The maximum Gasteiger partial charge on any atom is 0.335 e. The Balaban J connectivity index is 1.44. The molecule has 208 valence electrons. The number of nitrogens with zero attached hydrogens (tertiary/aromatic N) is 2. The van der Waals surface area contributed by atoms with Crippen LogP contribution < -0.4 is 10.6 Å². The lowest BCUT2D eigenvalue weighted by molar-refractivity contribution is -0.116. The van der Waals surface area contributed by atoms with Gasteiger partial charge in [-0.05, 0) is 78.9 Å². The number of rotatable bonds is 9. The van der Waals surface area contributed by atoms with Crippen LogP contribution in [0.3, 0.4) is 0 Å². The molecule has 2 aromatic carbocycles. The monoisotopic (exact) mass is 574 g/mol. The fourth-order valence-electron chi connectivity index (χ4n) is 4.62. The Hall–Kier alpha value is -5.10. The molecule has 1 saturated heterocycles. The van der Waals surface area contributed by atoms with Gasteiger partial charge in [0.2, 0.25) is 5.91 Å². The molecule has 0 spiro atoms. The van der Waals surface area contributed by atoms with Crippen molar-refractivity contribution in [3.63, 3.8) is 0 Å². The molecule has 3 heterocycles. The predicted molar refractivity (Wildman–Crippen MR) is 150 cm³/mol. The van der Waals surface area contributed by atoms with Crippen molar-refractivity contribution >= 4 is 40.9 Å². The molecule has 2 atom stereocenters. The SMILES string of the molecule is O=C(CCN1C(=S)N[C@H](c2ccccn2)[C@H]1c1ccc(-c2cc(C(=O)O)cc(C(=O)O)c2)o1)Nc1ccc(F)cc1. The standard InChI is InChI=1S/C29H23FN4O6S/c30-19-4-6-20(7-5-19)32-24(35)10-12-34-26(25(33-29(34)41)21-3-1-2-11-31-21)23-9-8-22(40-23)16-13-17(27(36)37)15-18(14-16)28(38)39/h1-9,11,13-15,25-26H,10,12H2,(H,32,35)(H,33,41)(H,36,37)(H,38,39)/t25-,26-/m1/s1. The third-order valence-electron chi connectivity index (χ3n) is 6.54. The number of aromatic carboxylic acids is 2. The van der Waals surface area contributed by atoms with E-state index < -0.39 is 29.8 Å². The zero-order valence-corrected chi connectivity index (χ0v) is 22.1. The largest absolute Gasteiger partial charge is 0.478 e.